The van der Waals surface area contributed by atoms with Crippen LogP contribution in [0.25, 0.3) is 0 Å². The molecule has 0 rings (SSSR count). The van der Waals surface area contributed by atoms with Crippen LogP contribution in [-0.4, -0.2) is 59.3 Å². The number of carbonyl (C=O) groups is 4. The van der Waals surface area contributed by atoms with E-state index in [9.17, 15) is 19.2 Å². The summed E-state index contributed by atoms with van der Waals surface area (Å²) in [6, 6.07) is -1.39. The highest BCUT2D eigenvalue weighted by Gasteiger charge is 2.18. The lowest BCUT2D eigenvalue weighted by atomic mass is 10.1. The average Bonchev–Trinajstić information content (AvgIpc) is 3.05. The Morgan fingerprint density at radius 3 is 1.91 bits per heavy atom. The fraction of sp³-hybridized carbons (Fsp3) is 0.632. The molecule has 0 spiro atoms. The summed E-state index contributed by atoms with van der Waals surface area (Å²) in [6.45, 7) is 3.23. The van der Waals surface area contributed by atoms with E-state index in [1.807, 2.05) is 24.3 Å². The number of aliphatic hydroxyl groups is 1. The summed E-state index contributed by atoms with van der Waals surface area (Å²) in [5.41, 5.74) is 0. The van der Waals surface area contributed by atoms with Crippen molar-refractivity contribution in [2.45, 2.75) is 142 Å². The van der Waals surface area contributed by atoms with Crippen LogP contribution in [0, 0.1) is 0 Å². The van der Waals surface area contributed by atoms with Gasteiger partial charge in [0.2, 0.25) is 11.8 Å². The molecule has 0 heterocycles. The van der Waals surface area contributed by atoms with Crippen LogP contribution in [0.3, 0.4) is 0 Å². The Labute approximate surface area is 283 Å². The summed E-state index contributed by atoms with van der Waals surface area (Å²) < 4.78 is 5.74. The first kappa shape index (κ1) is 43.5. The van der Waals surface area contributed by atoms with Crippen molar-refractivity contribution in [1.82, 2.24) is 10.6 Å². The Balaban J connectivity index is 4.28. The van der Waals surface area contributed by atoms with E-state index in [2.05, 4.69) is 60.9 Å². The van der Waals surface area contributed by atoms with Gasteiger partial charge in [-0.05, 0) is 76.4 Å². The molecule has 0 bridgehead atoms. The van der Waals surface area contributed by atoms with Gasteiger partial charge in [0, 0.05) is 12.8 Å². The van der Waals surface area contributed by atoms with E-state index in [-0.39, 0.29) is 24.8 Å². The Bertz CT molecular complexity index is 985. The van der Waals surface area contributed by atoms with Crippen molar-refractivity contribution >= 4 is 23.8 Å². The lowest BCUT2D eigenvalue weighted by Crippen LogP contribution is -2.47. The van der Waals surface area contributed by atoms with Gasteiger partial charge in [-0.3, -0.25) is 14.4 Å². The maximum absolute atomic E-state index is 12.5. The first-order valence-electron chi connectivity index (χ1n) is 17.7. The van der Waals surface area contributed by atoms with Crippen molar-refractivity contribution in [3.8, 4) is 0 Å². The zero-order valence-electron chi connectivity index (χ0n) is 29.0. The molecule has 2 amide bonds. The minimum Gasteiger partial charge on any atom is -0.480 e. The highest BCUT2D eigenvalue weighted by atomic mass is 16.5. The molecule has 9 heteroatoms. The number of esters is 1. The highest BCUT2D eigenvalue weighted by molar-refractivity contribution is 5.87. The van der Waals surface area contributed by atoms with E-state index in [0.29, 0.717) is 12.8 Å². The molecular formula is C38H62N2O7. The van der Waals surface area contributed by atoms with Crippen LogP contribution >= 0.6 is 0 Å². The second-order valence-electron chi connectivity index (χ2n) is 11.6. The van der Waals surface area contributed by atoms with Crippen molar-refractivity contribution in [2.75, 3.05) is 13.2 Å². The van der Waals surface area contributed by atoms with Gasteiger partial charge >= 0.3 is 11.9 Å². The van der Waals surface area contributed by atoms with Crippen LogP contribution in [-0.2, 0) is 23.9 Å². The number of allylic oxidation sites excluding steroid dienone is 8. The second kappa shape index (κ2) is 32.5. The SMILES string of the molecule is CC/C=C\C/C=C\C(/C=C\CCCCCC(=O)NCC(=O)NC(CO)C(=O)O)OC(=O)CCCCCCC/C=C\C/C=C\CCCC. The topological polar surface area (TPSA) is 142 Å². The van der Waals surface area contributed by atoms with Crippen LogP contribution in [0.5, 0.6) is 0 Å². The summed E-state index contributed by atoms with van der Waals surface area (Å²) >= 11 is 0. The molecule has 0 saturated heterocycles. The molecule has 0 aromatic rings. The van der Waals surface area contributed by atoms with Crippen molar-refractivity contribution < 1.29 is 34.1 Å². The number of carboxylic acid groups (broad SMARTS) is 1. The van der Waals surface area contributed by atoms with Gasteiger partial charge in [-0.2, -0.15) is 0 Å². The lowest BCUT2D eigenvalue weighted by molar-refractivity contribution is -0.145. The predicted octanol–water partition coefficient (Wildman–Crippen LogP) is 7.42. The molecule has 0 aliphatic carbocycles. The van der Waals surface area contributed by atoms with E-state index < -0.39 is 30.6 Å². The number of nitrogens with one attached hydrogen (secondary N) is 2. The smallest absolute Gasteiger partial charge is 0.328 e. The third kappa shape index (κ3) is 29.7. The van der Waals surface area contributed by atoms with Gasteiger partial charge in [-0.1, -0.05) is 101 Å². The summed E-state index contributed by atoms with van der Waals surface area (Å²) in [7, 11) is 0. The number of rotatable bonds is 30. The first-order chi connectivity index (χ1) is 22.8. The number of amides is 2. The average molecular weight is 659 g/mol. The largest absolute Gasteiger partial charge is 0.480 e. The number of carbonyl (C=O) groups excluding carboxylic acids is 3. The van der Waals surface area contributed by atoms with Crippen molar-refractivity contribution in [3.05, 3.63) is 60.8 Å². The molecule has 0 aromatic heterocycles. The van der Waals surface area contributed by atoms with E-state index >= 15 is 0 Å². The lowest BCUT2D eigenvalue weighted by Gasteiger charge is -2.12. The van der Waals surface area contributed by atoms with Gasteiger partial charge in [0.05, 0.1) is 13.2 Å². The van der Waals surface area contributed by atoms with E-state index in [1.54, 1.807) is 0 Å². The number of aliphatic carboxylic acids is 1. The quantitative estimate of drug-likeness (QED) is 0.0357. The maximum Gasteiger partial charge on any atom is 0.328 e. The summed E-state index contributed by atoms with van der Waals surface area (Å²) in [4.78, 5) is 47.0. The van der Waals surface area contributed by atoms with Crippen LogP contribution in [0.4, 0.5) is 0 Å². The van der Waals surface area contributed by atoms with Gasteiger partial charge in [0.1, 0.15) is 12.1 Å². The Hall–Kier alpha value is -3.46. The maximum atomic E-state index is 12.5. The number of unbranched alkanes of at least 4 members (excludes halogenated alkanes) is 10. The molecule has 266 valence electrons. The molecule has 0 aliphatic rings. The standard InChI is InChI=1S/C38H62N2O7/c1-3-5-7-9-10-11-12-13-14-15-16-17-22-26-30-37(44)47-33(27-23-19-8-6-4-2)28-24-20-18-21-25-29-35(42)39-31-36(43)40-34(32-41)38(45)46/h6,8-10,12-13,23-24,27-28,33-34,41H,3-5,7,11,14-22,25-26,29-32H2,1-2H3,(H,39,42)(H,40,43)(H,45,46)/b8-6-,10-9-,13-12-,27-23-,28-24-. The molecule has 47 heavy (non-hydrogen) atoms. The van der Waals surface area contributed by atoms with Gasteiger partial charge in [0.15, 0.2) is 0 Å². The Morgan fingerprint density at radius 1 is 0.660 bits per heavy atom. The summed E-state index contributed by atoms with van der Waals surface area (Å²) in [6.07, 6.45) is 37.3. The monoisotopic (exact) mass is 658 g/mol. The minimum absolute atomic E-state index is 0.183. The van der Waals surface area contributed by atoms with Gasteiger partial charge in [-0.25, -0.2) is 4.79 Å². The van der Waals surface area contributed by atoms with E-state index in [0.717, 1.165) is 64.2 Å². The normalized spacial score (nSPS) is 13.3. The second-order valence-corrected chi connectivity index (χ2v) is 11.6. The third-order valence-electron chi connectivity index (χ3n) is 7.21. The van der Waals surface area contributed by atoms with Crippen LogP contribution in [0.2, 0.25) is 0 Å². The predicted molar refractivity (Wildman–Crippen MR) is 190 cm³/mol. The molecule has 9 nitrogen and oxygen atoms in total. The number of hydrogen-bond acceptors (Lipinski definition) is 6. The molecule has 0 fully saturated rings. The number of carboxylic acids is 1. The fourth-order valence-electron chi connectivity index (χ4n) is 4.45. The molecule has 0 aliphatic heterocycles. The molecule has 2 atom stereocenters. The zero-order chi connectivity index (χ0) is 34.8. The van der Waals surface area contributed by atoms with Crippen molar-refractivity contribution in [1.29, 1.82) is 0 Å². The van der Waals surface area contributed by atoms with Gasteiger partial charge in [0.25, 0.3) is 0 Å². The van der Waals surface area contributed by atoms with E-state index in [1.165, 1.54) is 32.1 Å². The van der Waals surface area contributed by atoms with Crippen molar-refractivity contribution in [2.24, 2.45) is 0 Å². The number of aliphatic hydroxyl groups excluding tert-OH is 1. The third-order valence-corrected chi connectivity index (χ3v) is 7.21. The van der Waals surface area contributed by atoms with Crippen molar-refractivity contribution in [3.63, 3.8) is 0 Å². The summed E-state index contributed by atoms with van der Waals surface area (Å²) in [5.74, 6) is -2.50. The van der Waals surface area contributed by atoms with Crippen LogP contribution < -0.4 is 10.6 Å². The van der Waals surface area contributed by atoms with Gasteiger partial charge < -0.3 is 25.6 Å². The Kier molecular flexibility index (Phi) is 30.1. The van der Waals surface area contributed by atoms with Crippen LogP contribution in [0.1, 0.15) is 129 Å². The molecule has 0 saturated carbocycles. The minimum atomic E-state index is -1.39. The molecular weight excluding hydrogens is 596 g/mol. The van der Waals surface area contributed by atoms with Gasteiger partial charge in [-0.15, -0.1) is 0 Å². The molecule has 0 aromatic carbocycles. The zero-order valence-corrected chi connectivity index (χ0v) is 29.0. The Morgan fingerprint density at radius 2 is 1.23 bits per heavy atom. The summed E-state index contributed by atoms with van der Waals surface area (Å²) in [5, 5.41) is 22.4. The fourth-order valence-corrected chi connectivity index (χ4v) is 4.45. The molecule has 0 radical (unpaired) electrons. The molecule has 4 N–H and O–H groups in total. The van der Waals surface area contributed by atoms with Crippen LogP contribution in [0.15, 0.2) is 60.8 Å². The molecule has 2 unspecified atom stereocenters. The van der Waals surface area contributed by atoms with E-state index in [4.69, 9.17) is 14.9 Å². The number of hydrogen-bond donors (Lipinski definition) is 4. The first-order valence-corrected chi connectivity index (χ1v) is 17.7. The highest BCUT2D eigenvalue weighted by Crippen LogP contribution is 2.11. The number of ether oxygens (including phenoxy) is 1.